The summed E-state index contributed by atoms with van der Waals surface area (Å²) in [6.07, 6.45) is 7.93. The summed E-state index contributed by atoms with van der Waals surface area (Å²) >= 11 is 11.9. The number of rotatable bonds is 11. The van der Waals surface area contributed by atoms with E-state index in [0.717, 1.165) is 57.3 Å². The first kappa shape index (κ1) is 27.6. The smallest absolute Gasteiger partial charge is 0.269 e. The first-order chi connectivity index (χ1) is 17.3. The van der Waals surface area contributed by atoms with Crippen LogP contribution in [0.2, 0.25) is 10.0 Å². The number of benzene rings is 2. The van der Waals surface area contributed by atoms with Crippen LogP contribution in [-0.4, -0.2) is 53.9 Å². The zero-order valence-electron chi connectivity index (χ0n) is 19.9. The third-order valence-electron chi connectivity index (χ3n) is 6.08. The van der Waals surface area contributed by atoms with Gasteiger partial charge in [-0.2, -0.15) is 0 Å². The average Bonchev–Trinajstić information content (AvgIpc) is 2.87. The summed E-state index contributed by atoms with van der Waals surface area (Å²) in [6.45, 7) is 3.46. The molecule has 0 unspecified atom stereocenters. The lowest BCUT2D eigenvalue weighted by atomic mass is 10.0. The summed E-state index contributed by atoms with van der Waals surface area (Å²) in [6, 6.07) is 11.0. The van der Waals surface area contributed by atoms with E-state index in [-0.39, 0.29) is 23.5 Å². The number of nitro benzene ring substituents is 1. The van der Waals surface area contributed by atoms with Gasteiger partial charge in [-0.15, -0.1) is 0 Å². The number of nitro groups is 1. The van der Waals surface area contributed by atoms with Gasteiger partial charge in [0.05, 0.1) is 15.0 Å². The molecule has 2 aromatic carbocycles. The van der Waals surface area contributed by atoms with Gasteiger partial charge < -0.3 is 15.5 Å². The molecule has 1 saturated heterocycles. The lowest BCUT2D eigenvalue weighted by molar-refractivity contribution is -0.384. The zero-order chi connectivity index (χ0) is 25.9. The van der Waals surface area contributed by atoms with Crippen LogP contribution in [0.1, 0.15) is 48.0 Å². The van der Waals surface area contributed by atoms with E-state index in [4.69, 9.17) is 23.2 Å². The molecule has 2 aromatic rings. The summed E-state index contributed by atoms with van der Waals surface area (Å²) in [7, 11) is 0. The minimum Gasteiger partial charge on any atom is -0.353 e. The van der Waals surface area contributed by atoms with Crippen molar-refractivity contribution in [3.05, 3.63) is 79.8 Å². The SMILES string of the molecule is O=C(/C=C/c1ccc(Cl)c(Cl)c1)NCCCCCN1CCC(NC(=O)c2ccc([N+](=O)[O-])cc2)CC1. The highest BCUT2D eigenvalue weighted by molar-refractivity contribution is 6.42. The maximum Gasteiger partial charge on any atom is 0.269 e. The molecule has 1 heterocycles. The Balaban J connectivity index is 1.24. The Morgan fingerprint density at radius 1 is 1.03 bits per heavy atom. The first-order valence-corrected chi connectivity index (χ1v) is 12.8. The van der Waals surface area contributed by atoms with E-state index in [1.165, 1.54) is 30.3 Å². The lowest BCUT2D eigenvalue weighted by Crippen LogP contribution is -2.44. The molecule has 1 aliphatic rings. The van der Waals surface area contributed by atoms with E-state index >= 15 is 0 Å². The minimum absolute atomic E-state index is 0.0287. The molecule has 192 valence electrons. The summed E-state index contributed by atoms with van der Waals surface area (Å²) in [4.78, 5) is 37.0. The average molecular weight is 533 g/mol. The fraction of sp³-hybridized carbons (Fsp3) is 0.385. The van der Waals surface area contributed by atoms with Crippen LogP contribution >= 0.6 is 23.2 Å². The molecule has 0 bridgehead atoms. The third-order valence-corrected chi connectivity index (χ3v) is 6.82. The van der Waals surface area contributed by atoms with E-state index in [0.29, 0.717) is 22.2 Å². The number of non-ortho nitro benzene ring substituents is 1. The van der Waals surface area contributed by atoms with Crippen LogP contribution in [0.15, 0.2) is 48.5 Å². The van der Waals surface area contributed by atoms with Crippen LogP contribution in [-0.2, 0) is 4.79 Å². The summed E-state index contributed by atoms with van der Waals surface area (Å²) < 4.78 is 0. The Hall–Kier alpha value is -2.94. The fourth-order valence-electron chi connectivity index (χ4n) is 4.00. The van der Waals surface area contributed by atoms with Gasteiger partial charge in [0.2, 0.25) is 5.91 Å². The number of halogens is 2. The monoisotopic (exact) mass is 532 g/mol. The molecule has 8 nitrogen and oxygen atoms in total. The highest BCUT2D eigenvalue weighted by Gasteiger charge is 2.21. The number of likely N-dealkylation sites (tertiary alicyclic amines) is 1. The Bertz CT molecular complexity index is 1080. The first-order valence-electron chi connectivity index (χ1n) is 12.0. The van der Waals surface area contributed by atoms with Crippen molar-refractivity contribution in [1.82, 2.24) is 15.5 Å². The molecular weight excluding hydrogens is 503 g/mol. The molecule has 0 saturated carbocycles. The second-order valence-electron chi connectivity index (χ2n) is 8.75. The predicted molar refractivity (Wildman–Crippen MR) is 142 cm³/mol. The quantitative estimate of drug-likeness (QED) is 0.181. The van der Waals surface area contributed by atoms with Gasteiger partial charge in [-0.3, -0.25) is 19.7 Å². The van der Waals surface area contributed by atoms with Crippen LogP contribution < -0.4 is 10.6 Å². The van der Waals surface area contributed by atoms with Crippen molar-refractivity contribution >= 4 is 46.8 Å². The van der Waals surface area contributed by atoms with E-state index in [9.17, 15) is 19.7 Å². The van der Waals surface area contributed by atoms with Crippen LogP contribution in [0, 0.1) is 10.1 Å². The van der Waals surface area contributed by atoms with Crippen molar-refractivity contribution in [3.63, 3.8) is 0 Å². The predicted octanol–water partition coefficient (Wildman–Crippen LogP) is 5.10. The maximum absolute atomic E-state index is 12.4. The largest absolute Gasteiger partial charge is 0.353 e. The second-order valence-corrected chi connectivity index (χ2v) is 9.57. The van der Waals surface area contributed by atoms with Crippen molar-refractivity contribution in [2.24, 2.45) is 0 Å². The number of carbonyl (C=O) groups excluding carboxylic acids is 2. The number of unbranched alkanes of at least 4 members (excludes halogenated alkanes) is 2. The standard InChI is InChI=1S/C26H30Cl2N4O4/c27-23-10-4-19(18-24(23)28)5-11-25(33)29-14-2-1-3-15-31-16-12-21(13-17-31)30-26(34)20-6-8-22(9-7-20)32(35)36/h4-11,18,21H,1-3,12-17H2,(H,29,33)(H,30,34)/b11-5+. The lowest BCUT2D eigenvalue weighted by Gasteiger charge is -2.32. The molecule has 2 amide bonds. The number of piperidine rings is 1. The number of nitrogens with zero attached hydrogens (tertiary/aromatic N) is 2. The number of hydrogen-bond acceptors (Lipinski definition) is 5. The molecule has 0 aliphatic carbocycles. The molecule has 1 aliphatic heterocycles. The second kappa shape index (κ2) is 14.0. The molecule has 0 radical (unpaired) electrons. The maximum atomic E-state index is 12.4. The molecule has 0 spiro atoms. The molecule has 0 aromatic heterocycles. The van der Waals surface area contributed by atoms with Gasteiger partial charge in [0.15, 0.2) is 0 Å². The number of carbonyl (C=O) groups is 2. The number of hydrogen-bond donors (Lipinski definition) is 2. The Labute approximate surface area is 220 Å². The molecule has 1 fully saturated rings. The van der Waals surface area contributed by atoms with Gasteiger partial charge in [-0.1, -0.05) is 35.7 Å². The van der Waals surface area contributed by atoms with Crippen molar-refractivity contribution in [3.8, 4) is 0 Å². The molecular formula is C26H30Cl2N4O4. The van der Waals surface area contributed by atoms with E-state index in [1.54, 1.807) is 24.3 Å². The van der Waals surface area contributed by atoms with Gasteiger partial charge >= 0.3 is 0 Å². The number of amides is 2. The van der Waals surface area contributed by atoms with E-state index < -0.39 is 4.92 Å². The molecule has 3 rings (SSSR count). The Morgan fingerprint density at radius 2 is 1.75 bits per heavy atom. The zero-order valence-corrected chi connectivity index (χ0v) is 21.4. The van der Waals surface area contributed by atoms with Crippen molar-refractivity contribution in [2.75, 3.05) is 26.2 Å². The van der Waals surface area contributed by atoms with Crippen molar-refractivity contribution in [2.45, 2.75) is 38.1 Å². The van der Waals surface area contributed by atoms with Gasteiger partial charge in [-0.25, -0.2) is 0 Å². The molecule has 36 heavy (non-hydrogen) atoms. The van der Waals surface area contributed by atoms with Gasteiger partial charge in [0, 0.05) is 49.4 Å². The molecule has 10 heteroatoms. The number of nitrogens with one attached hydrogen (secondary N) is 2. The third kappa shape index (κ3) is 8.93. The van der Waals surface area contributed by atoms with Crippen LogP contribution in [0.4, 0.5) is 5.69 Å². The summed E-state index contributed by atoms with van der Waals surface area (Å²) in [5.41, 5.74) is 1.22. The Morgan fingerprint density at radius 3 is 2.42 bits per heavy atom. The van der Waals surface area contributed by atoms with Crippen LogP contribution in [0.3, 0.4) is 0 Å². The molecule has 0 atom stereocenters. The summed E-state index contributed by atoms with van der Waals surface area (Å²) in [5.74, 6) is -0.337. The molecule has 2 N–H and O–H groups in total. The van der Waals surface area contributed by atoms with Gasteiger partial charge in [0.25, 0.3) is 11.6 Å². The van der Waals surface area contributed by atoms with Crippen molar-refractivity contribution < 1.29 is 14.5 Å². The van der Waals surface area contributed by atoms with Crippen LogP contribution in [0.25, 0.3) is 6.08 Å². The van der Waals surface area contributed by atoms with E-state index in [1.807, 2.05) is 0 Å². The highest BCUT2D eigenvalue weighted by Crippen LogP contribution is 2.23. The van der Waals surface area contributed by atoms with Gasteiger partial charge in [0.1, 0.15) is 0 Å². The Kier molecular flexibility index (Phi) is 10.7. The van der Waals surface area contributed by atoms with E-state index in [2.05, 4.69) is 15.5 Å². The normalized spacial score (nSPS) is 14.6. The topological polar surface area (TPSA) is 105 Å². The fourth-order valence-corrected chi connectivity index (χ4v) is 4.31. The minimum atomic E-state index is -0.480. The summed E-state index contributed by atoms with van der Waals surface area (Å²) in [5, 5.41) is 17.6. The van der Waals surface area contributed by atoms with Gasteiger partial charge in [-0.05, 0) is 68.1 Å². The van der Waals surface area contributed by atoms with Crippen LogP contribution in [0.5, 0.6) is 0 Å². The highest BCUT2D eigenvalue weighted by atomic mass is 35.5. The van der Waals surface area contributed by atoms with Crippen molar-refractivity contribution in [1.29, 1.82) is 0 Å².